The van der Waals surface area contributed by atoms with E-state index in [1.807, 2.05) is 6.92 Å². The molecule has 0 aliphatic rings. The molecule has 0 aliphatic carbocycles. The van der Waals surface area contributed by atoms with Crippen molar-refractivity contribution >= 4 is 11.9 Å². The van der Waals surface area contributed by atoms with Crippen LogP contribution in [0.2, 0.25) is 0 Å². The molecule has 0 saturated carbocycles. The molecular formula is C21H25NO6. The van der Waals surface area contributed by atoms with Gasteiger partial charge in [-0.15, -0.1) is 0 Å². The number of para-hydroxylation sites is 1. The highest BCUT2D eigenvalue weighted by Crippen LogP contribution is 2.29. The third-order valence-electron chi connectivity index (χ3n) is 4.02. The second-order valence-electron chi connectivity index (χ2n) is 5.90. The van der Waals surface area contributed by atoms with E-state index in [1.54, 1.807) is 63.6 Å². The van der Waals surface area contributed by atoms with Crippen molar-refractivity contribution < 1.29 is 28.5 Å². The first kappa shape index (κ1) is 21.1. The normalized spacial score (nSPS) is 11.3. The maximum Gasteiger partial charge on any atom is 0.342 e. The van der Waals surface area contributed by atoms with Crippen LogP contribution in [0.15, 0.2) is 42.5 Å². The van der Waals surface area contributed by atoms with Gasteiger partial charge < -0.3 is 24.3 Å². The Kier molecular flexibility index (Phi) is 7.68. The molecule has 150 valence electrons. The van der Waals surface area contributed by atoms with Crippen LogP contribution < -0.4 is 19.5 Å². The summed E-state index contributed by atoms with van der Waals surface area (Å²) in [5.74, 6) is 0.641. The van der Waals surface area contributed by atoms with Crippen molar-refractivity contribution in [2.24, 2.45) is 0 Å². The minimum absolute atomic E-state index is 0.277. The van der Waals surface area contributed by atoms with Crippen molar-refractivity contribution in [3.8, 4) is 17.2 Å². The molecule has 1 atom stereocenters. The van der Waals surface area contributed by atoms with E-state index in [1.165, 1.54) is 0 Å². The molecule has 7 nitrogen and oxygen atoms in total. The molecule has 2 aromatic carbocycles. The maximum absolute atomic E-state index is 12.3. The molecule has 0 heterocycles. The van der Waals surface area contributed by atoms with E-state index in [4.69, 9.17) is 18.9 Å². The van der Waals surface area contributed by atoms with Gasteiger partial charge in [0.1, 0.15) is 22.8 Å². The number of hydrogen-bond donors (Lipinski definition) is 1. The summed E-state index contributed by atoms with van der Waals surface area (Å²) in [6, 6.07) is 11.7. The van der Waals surface area contributed by atoms with Crippen molar-refractivity contribution in [1.82, 2.24) is 5.32 Å². The Bertz CT molecular complexity index is 820. The minimum Gasteiger partial charge on any atom is -0.497 e. The quantitative estimate of drug-likeness (QED) is 0.666. The Balaban J connectivity index is 1.98. The van der Waals surface area contributed by atoms with Gasteiger partial charge >= 0.3 is 5.97 Å². The summed E-state index contributed by atoms with van der Waals surface area (Å²) < 4.78 is 21.1. The van der Waals surface area contributed by atoms with E-state index >= 15 is 0 Å². The van der Waals surface area contributed by atoms with E-state index in [0.29, 0.717) is 23.9 Å². The monoisotopic (exact) mass is 387 g/mol. The lowest BCUT2D eigenvalue weighted by Crippen LogP contribution is -2.31. The lowest BCUT2D eigenvalue weighted by molar-refractivity contribution is -0.124. The van der Waals surface area contributed by atoms with E-state index in [-0.39, 0.29) is 11.6 Å². The van der Waals surface area contributed by atoms with Crippen LogP contribution in [0, 0.1) is 0 Å². The molecule has 1 amide bonds. The van der Waals surface area contributed by atoms with Crippen LogP contribution in [0.1, 0.15) is 35.8 Å². The van der Waals surface area contributed by atoms with Gasteiger partial charge in [-0.05, 0) is 44.2 Å². The molecule has 0 fully saturated rings. The van der Waals surface area contributed by atoms with Crippen molar-refractivity contribution in [3.63, 3.8) is 0 Å². The zero-order chi connectivity index (χ0) is 20.5. The molecule has 0 spiro atoms. The Morgan fingerprint density at radius 3 is 2.46 bits per heavy atom. The highest BCUT2D eigenvalue weighted by atomic mass is 16.5. The van der Waals surface area contributed by atoms with Gasteiger partial charge in [0.15, 0.2) is 6.61 Å². The van der Waals surface area contributed by atoms with E-state index in [0.717, 1.165) is 5.56 Å². The van der Waals surface area contributed by atoms with Crippen LogP contribution in [0.4, 0.5) is 0 Å². The Hall–Kier alpha value is -3.22. The average Bonchev–Trinajstić information content (AvgIpc) is 2.72. The summed E-state index contributed by atoms with van der Waals surface area (Å²) in [6.07, 6.45) is 0. The highest BCUT2D eigenvalue weighted by molar-refractivity contribution is 5.94. The van der Waals surface area contributed by atoms with Crippen molar-refractivity contribution in [3.05, 3.63) is 53.6 Å². The topological polar surface area (TPSA) is 83.1 Å². The summed E-state index contributed by atoms with van der Waals surface area (Å²) in [5, 5.41) is 2.79. The van der Waals surface area contributed by atoms with Gasteiger partial charge in [-0.3, -0.25) is 4.79 Å². The number of esters is 1. The summed E-state index contributed by atoms with van der Waals surface area (Å²) >= 11 is 0. The molecule has 0 bridgehead atoms. The molecule has 0 unspecified atom stereocenters. The number of carbonyl (C=O) groups excluding carboxylic acids is 2. The lowest BCUT2D eigenvalue weighted by atomic mass is 10.1. The van der Waals surface area contributed by atoms with Crippen molar-refractivity contribution in [1.29, 1.82) is 0 Å². The van der Waals surface area contributed by atoms with Crippen LogP contribution in [-0.4, -0.2) is 39.3 Å². The van der Waals surface area contributed by atoms with Crippen LogP contribution in [0.3, 0.4) is 0 Å². The van der Waals surface area contributed by atoms with E-state index in [9.17, 15) is 9.59 Å². The SMILES string of the molecule is CCOc1ccccc1C(=O)OCC(=O)N[C@H](C)c1cc(OC)ccc1OC. The fourth-order valence-corrected chi connectivity index (χ4v) is 2.66. The molecule has 0 aliphatic heterocycles. The summed E-state index contributed by atoms with van der Waals surface area (Å²) in [4.78, 5) is 24.5. The second-order valence-corrected chi connectivity index (χ2v) is 5.90. The summed E-state index contributed by atoms with van der Waals surface area (Å²) in [6.45, 7) is 3.64. The number of benzene rings is 2. The average molecular weight is 387 g/mol. The van der Waals surface area contributed by atoms with Gasteiger partial charge in [0.25, 0.3) is 5.91 Å². The maximum atomic E-state index is 12.3. The minimum atomic E-state index is -0.620. The third kappa shape index (κ3) is 5.39. The molecule has 0 aromatic heterocycles. The first-order valence-electron chi connectivity index (χ1n) is 8.90. The Morgan fingerprint density at radius 1 is 1.04 bits per heavy atom. The first-order chi connectivity index (χ1) is 13.5. The fourth-order valence-electron chi connectivity index (χ4n) is 2.66. The van der Waals surface area contributed by atoms with Crippen LogP contribution >= 0.6 is 0 Å². The number of carbonyl (C=O) groups is 2. The lowest BCUT2D eigenvalue weighted by Gasteiger charge is -2.18. The zero-order valence-electron chi connectivity index (χ0n) is 16.5. The number of ether oxygens (including phenoxy) is 4. The Morgan fingerprint density at radius 2 is 1.79 bits per heavy atom. The number of hydrogen-bond acceptors (Lipinski definition) is 6. The second kappa shape index (κ2) is 10.2. The molecular weight excluding hydrogens is 362 g/mol. The number of methoxy groups -OCH3 is 2. The van der Waals surface area contributed by atoms with Gasteiger partial charge in [0, 0.05) is 5.56 Å². The first-order valence-corrected chi connectivity index (χ1v) is 8.90. The molecule has 28 heavy (non-hydrogen) atoms. The van der Waals surface area contributed by atoms with Crippen LogP contribution in [0.5, 0.6) is 17.2 Å². The fraction of sp³-hybridized carbons (Fsp3) is 0.333. The van der Waals surface area contributed by atoms with Gasteiger partial charge in [-0.25, -0.2) is 4.79 Å². The van der Waals surface area contributed by atoms with Gasteiger partial charge in [-0.2, -0.15) is 0 Å². The van der Waals surface area contributed by atoms with Gasteiger partial charge in [0.2, 0.25) is 0 Å². The largest absolute Gasteiger partial charge is 0.497 e. The van der Waals surface area contributed by atoms with Crippen LogP contribution in [0.25, 0.3) is 0 Å². The highest BCUT2D eigenvalue weighted by Gasteiger charge is 2.18. The molecule has 0 saturated heterocycles. The number of rotatable bonds is 9. The van der Waals surface area contributed by atoms with Crippen molar-refractivity contribution in [2.45, 2.75) is 19.9 Å². The number of nitrogens with one attached hydrogen (secondary N) is 1. The molecule has 2 rings (SSSR count). The van der Waals surface area contributed by atoms with Gasteiger partial charge in [0.05, 0.1) is 26.9 Å². The third-order valence-corrected chi connectivity index (χ3v) is 4.02. The molecule has 7 heteroatoms. The molecule has 1 N–H and O–H groups in total. The molecule has 0 radical (unpaired) electrons. The van der Waals surface area contributed by atoms with Crippen LogP contribution in [-0.2, 0) is 9.53 Å². The standard InChI is InChI=1S/C21H25NO6/c1-5-27-19-9-7-6-8-16(19)21(24)28-13-20(23)22-14(2)17-12-15(25-3)10-11-18(17)26-4/h6-12,14H,5,13H2,1-4H3,(H,22,23)/t14-/m1/s1. The van der Waals surface area contributed by atoms with E-state index < -0.39 is 18.5 Å². The molecule has 2 aromatic rings. The van der Waals surface area contributed by atoms with Crippen molar-refractivity contribution in [2.75, 3.05) is 27.4 Å². The van der Waals surface area contributed by atoms with Gasteiger partial charge in [-0.1, -0.05) is 12.1 Å². The Labute approximate surface area is 164 Å². The predicted octanol–water partition coefficient (Wildman–Crippen LogP) is 3.14. The zero-order valence-corrected chi connectivity index (χ0v) is 16.5. The predicted molar refractivity (Wildman–Crippen MR) is 104 cm³/mol. The summed E-state index contributed by atoms with van der Waals surface area (Å²) in [5.41, 5.74) is 1.03. The summed E-state index contributed by atoms with van der Waals surface area (Å²) in [7, 11) is 3.12. The van der Waals surface area contributed by atoms with E-state index in [2.05, 4.69) is 5.32 Å². The smallest absolute Gasteiger partial charge is 0.342 e. The number of amides is 1.